The molecule has 3 aromatic rings. The van der Waals surface area contributed by atoms with Crippen LogP contribution in [0.25, 0.3) is 5.69 Å². The Hall–Kier alpha value is -1.92. The predicted molar refractivity (Wildman–Crippen MR) is 118 cm³/mol. The van der Waals surface area contributed by atoms with E-state index >= 15 is 0 Å². The lowest BCUT2D eigenvalue weighted by Crippen LogP contribution is -2.62. The van der Waals surface area contributed by atoms with Crippen molar-refractivity contribution in [2.45, 2.75) is 43.7 Å². The highest BCUT2D eigenvalue weighted by atomic mass is 79.9. The van der Waals surface area contributed by atoms with Crippen LogP contribution in [0.15, 0.2) is 47.2 Å². The van der Waals surface area contributed by atoms with Crippen molar-refractivity contribution in [3.63, 3.8) is 0 Å². The summed E-state index contributed by atoms with van der Waals surface area (Å²) in [6, 6.07) is 10.6. The lowest BCUT2D eigenvalue weighted by molar-refractivity contribution is -0.309. The smallest absolute Gasteiger partial charge is 0.184 e. The van der Waals surface area contributed by atoms with Crippen molar-refractivity contribution >= 4 is 27.5 Å². The van der Waals surface area contributed by atoms with Gasteiger partial charge < -0.3 is 25.1 Å². The van der Waals surface area contributed by atoms with E-state index in [1.807, 2.05) is 30.3 Å². The predicted octanol–water partition coefficient (Wildman–Crippen LogP) is 2.63. The van der Waals surface area contributed by atoms with Crippen molar-refractivity contribution in [2.24, 2.45) is 5.73 Å². The SMILES string of the molecule is Cc1nc(C2OC3COC(c4ccccc4)OC3C(N)C2O)n(-c2cnc(Br)c(Cl)c2)n1. The van der Waals surface area contributed by atoms with Crippen LogP contribution in [0.1, 0.15) is 29.6 Å². The number of nitrogens with two attached hydrogens (primary N) is 1. The quantitative estimate of drug-likeness (QED) is 0.504. The second-order valence-electron chi connectivity index (χ2n) is 7.73. The van der Waals surface area contributed by atoms with Gasteiger partial charge in [-0.05, 0) is 28.9 Å². The molecule has 6 unspecified atom stereocenters. The van der Waals surface area contributed by atoms with Crippen LogP contribution >= 0.6 is 27.5 Å². The van der Waals surface area contributed by atoms with E-state index in [0.717, 1.165) is 5.56 Å². The summed E-state index contributed by atoms with van der Waals surface area (Å²) in [6.45, 7) is 2.02. The molecule has 11 heteroatoms. The summed E-state index contributed by atoms with van der Waals surface area (Å²) < 4.78 is 20.3. The van der Waals surface area contributed by atoms with Gasteiger partial charge in [-0.15, -0.1) is 0 Å². The Kier molecular flexibility index (Phi) is 6.01. The average molecular weight is 523 g/mol. The molecule has 5 rings (SSSR count). The minimum atomic E-state index is -1.08. The van der Waals surface area contributed by atoms with Crippen molar-refractivity contribution in [3.05, 3.63) is 69.4 Å². The number of aryl methyl sites for hydroxylation is 1. The molecule has 2 aliphatic heterocycles. The maximum absolute atomic E-state index is 11.1. The molecule has 2 aliphatic rings. The molecule has 6 atom stereocenters. The van der Waals surface area contributed by atoms with E-state index in [9.17, 15) is 5.11 Å². The summed E-state index contributed by atoms with van der Waals surface area (Å²) >= 11 is 9.49. The van der Waals surface area contributed by atoms with Gasteiger partial charge in [0.1, 0.15) is 34.8 Å². The normalized spacial score (nSPS) is 30.2. The molecule has 32 heavy (non-hydrogen) atoms. The number of aliphatic hydroxyl groups is 1. The third-order valence-corrected chi connectivity index (χ3v) is 6.70. The fourth-order valence-electron chi connectivity index (χ4n) is 4.00. The summed E-state index contributed by atoms with van der Waals surface area (Å²) in [5, 5.41) is 15.9. The minimum Gasteiger partial charge on any atom is -0.388 e. The summed E-state index contributed by atoms with van der Waals surface area (Å²) in [7, 11) is 0. The molecule has 0 spiro atoms. The molecule has 0 saturated carbocycles. The number of rotatable bonds is 3. The van der Waals surface area contributed by atoms with Crippen LogP contribution in [0, 0.1) is 6.92 Å². The highest BCUT2D eigenvalue weighted by molar-refractivity contribution is 9.10. The Morgan fingerprint density at radius 2 is 2.03 bits per heavy atom. The molecule has 0 amide bonds. The van der Waals surface area contributed by atoms with Crippen LogP contribution in [-0.4, -0.2) is 55.8 Å². The lowest BCUT2D eigenvalue weighted by atomic mass is 9.92. The first kappa shape index (κ1) is 21.9. The Morgan fingerprint density at radius 1 is 1.25 bits per heavy atom. The first-order valence-electron chi connectivity index (χ1n) is 10.1. The monoisotopic (exact) mass is 521 g/mol. The zero-order valence-electron chi connectivity index (χ0n) is 17.0. The molecule has 2 saturated heterocycles. The molecule has 4 heterocycles. The summed E-state index contributed by atoms with van der Waals surface area (Å²) in [5.41, 5.74) is 7.90. The number of hydrogen-bond donors (Lipinski definition) is 2. The zero-order valence-corrected chi connectivity index (χ0v) is 19.3. The van der Waals surface area contributed by atoms with Gasteiger partial charge in [0.15, 0.2) is 12.1 Å². The summed E-state index contributed by atoms with van der Waals surface area (Å²) in [4.78, 5) is 8.71. The van der Waals surface area contributed by atoms with Crippen molar-refractivity contribution < 1.29 is 19.3 Å². The second kappa shape index (κ2) is 8.79. The Balaban J connectivity index is 1.42. The lowest BCUT2D eigenvalue weighted by Gasteiger charge is -2.46. The number of aromatic nitrogens is 4. The molecule has 2 aromatic heterocycles. The van der Waals surface area contributed by atoms with Crippen LogP contribution in [0.4, 0.5) is 0 Å². The molecule has 1 aromatic carbocycles. The molecule has 9 nitrogen and oxygen atoms in total. The molecular formula is C21H21BrClN5O4. The van der Waals surface area contributed by atoms with E-state index in [2.05, 4.69) is 31.0 Å². The van der Waals surface area contributed by atoms with Crippen LogP contribution in [0.2, 0.25) is 5.02 Å². The molecule has 0 aliphatic carbocycles. The Bertz CT molecular complexity index is 1110. The molecule has 0 radical (unpaired) electrons. The van der Waals surface area contributed by atoms with Crippen LogP contribution in [0.5, 0.6) is 0 Å². The van der Waals surface area contributed by atoms with Crippen molar-refractivity contribution in [3.8, 4) is 5.69 Å². The molecule has 3 N–H and O–H groups in total. The first-order chi connectivity index (χ1) is 15.4. The Labute approximate surface area is 197 Å². The third-order valence-electron chi connectivity index (χ3n) is 5.56. The van der Waals surface area contributed by atoms with Gasteiger partial charge >= 0.3 is 0 Å². The average Bonchev–Trinajstić information content (AvgIpc) is 3.19. The van der Waals surface area contributed by atoms with Gasteiger partial charge in [-0.3, -0.25) is 0 Å². The molecular weight excluding hydrogens is 502 g/mol. The van der Waals surface area contributed by atoms with Crippen LogP contribution < -0.4 is 5.73 Å². The maximum Gasteiger partial charge on any atom is 0.184 e. The number of aliphatic hydroxyl groups excluding tert-OH is 1. The minimum absolute atomic E-state index is 0.264. The zero-order chi connectivity index (χ0) is 22.4. The van der Waals surface area contributed by atoms with E-state index in [1.165, 1.54) is 0 Å². The number of fused-ring (bicyclic) bond motifs is 1. The Morgan fingerprint density at radius 3 is 2.78 bits per heavy atom. The highest BCUT2D eigenvalue weighted by Gasteiger charge is 2.49. The number of pyridine rings is 1. The maximum atomic E-state index is 11.1. The van der Waals surface area contributed by atoms with Crippen molar-refractivity contribution in [2.75, 3.05) is 6.61 Å². The second-order valence-corrected chi connectivity index (χ2v) is 8.89. The van der Waals surface area contributed by atoms with E-state index in [1.54, 1.807) is 23.9 Å². The van der Waals surface area contributed by atoms with Crippen molar-refractivity contribution in [1.82, 2.24) is 19.7 Å². The van der Waals surface area contributed by atoms with E-state index in [-0.39, 0.29) is 6.61 Å². The number of benzene rings is 1. The fourth-order valence-corrected chi connectivity index (χ4v) is 4.38. The van der Waals surface area contributed by atoms with Gasteiger partial charge in [0.2, 0.25) is 0 Å². The summed E-state index contributed by atoms with van der Waals surface area (Å²) in [6.07, 6.45) is -1.90. The topological polar surface area (TPSA) is 118 Å². The van der Waals surface area contributed by atoms with E-state index in [0.29, 0.717) is 27.0 Å². The third kappa shape index (κ3) is 3.96. The van der Waals surface area contributed by atoms with Crippen molar-refractivity contribution in [1.29, 1.82) is 0 Å². The molecule has 168 valence electrons. The highest BCUT2D eigenvalue weighted by Crippen LogP contribution is 2.38. The van der Waals surface area contributed by atoms with Gasteiger partial charge in [-0.2, -0.15) is 5.10 Å². The van der Waals surface area contributed by atoms with Gasteiger partial charge in [0.05, 0.1) is 29.6 Å². The largest absolute Gasteiger partial charge is 0.388 e. The molecule has 2 fully saturated rings. The van der Waals surface area contributed by atoms with E-state index in [4.69, 9.17) is 31.5 Å². The fraction of sp³-hybridized carbons (Fsp3) is 0.381. The van der Waals surface area contributed by atoms with Gasteiger partial charge in [0.25, 0.3) is 0 Å². The van der Waals surface area contributed by atoms with Gasteiger partial charge in [0, 0.05) is 5.56 Å². The number of hydrogen-bond acceptors (Lipinski definition) is 8. The van der Waals surface area contributed by atoms with Crippen LogP contribution in [0.3, 0.4) is 0 Å². The number of nitrogens with zero attached hydrogens (tertiary/aromatic N) is 4. The van der Waals surface area contributed by atoms with E-state index < -0.39 is 36.7 Å². The van der Waals surface area contributed by atoms with Crippen LogP contribution in [-0.2, 0) is 14.2 Å². The summed E-state index contributed by atoms with van der Waals surface area (Å²) in [5.74, 6) is 0.903. The number of ether oxygens (including phenoxy) is 3. The first-order valence-corrected chi connectivity index (χ1v) is 11.3. The van der Waals surface area contributed by atoms with Gasteiger partial charge in [-0.1, -0.05) is 41.9 Å². The van der Waals surface area contributed by atoms with Gasteiger partial charge in [-0.25, -0.2) is 14.6 Å². The number of halogens is 2. The molecule has 0 bridgehead atoms. The standard InChI is InChI=1S/C21H21BrClN5O4/c1-10-26-20(28(27-10)12-7-13(23)19(22)25-8-12)18-16(29)15(24)17-14(31-18)9-30-21(32-17)11-5-3-2-4-6-11/h2-8,14-18,21,29H,9,24H2,1H3.